The maximum absolute atomic E-state index is 12.9. The summed E-state index contributed by atoms with van der Waals surface area (Å²) in [4.78, 5) is 28.3. The number of nitro benzene ring substituents is 1. The number of Topliss-reactive ketones (excluding diaryl/α,β-unsaturated/α-hetero) is 1. The van der Waals surface area contributed by atoms with E-state index in [-0.39, 0.29) is 11.5 Å². The van der Waals surface area contributed by atoms with Gasteiger partial charge in [-0.25, -0.2) is 4.68 Å². The number of fused-ring (bicyclic) bond motifs is 1. The zero-order valence-corrected chi connectivity index (χ0v) is 17.4. The minimum atomic E-state index is -0.445. The van der Waals surface area contributed by atoms with Crippen molar-refractivity contribution in [3.05, 3.63) is 75.5 Å². The molecule has 9 heteroatoms. The number of hydrogen-bond acceptors (Lipinski definition) is 7. The molecular formula is C23H21N5O4. The van der Waals surface area contributed by atoms with E-state index in [9.17, 15) is 14.9 Å². The van der Waals surface area contributed by atoms with Crippen LogP contribution in [0.1, 0.15) is 37.8 Å². The predicted molar refractivity (Wildman–Crippen MR) is 117 cm³/mol. The average Bonchev–Trinajstić information content (AvgIpc) is 3.23. The van der Waals surface area contributed by atoms with Crippen molar-refractivity contribution in [2.75, 3.05) is 11.9 Å². The lowest BCUT2D eigenvalue weighted by Gasteiger charge is -2.32. The van der Waals surface area contributed by atoms with Gasteiger partial charge in [-0.2, -0.15) is 4.98 Å². The maximum atomic E-state index is 12.9. The molecule has 0 saturated carbocycles. The van der Waals surface area contributed by atoms with Crippen molar-refractivity contribution in [1.82, 2.24) is 14.8 Å². The first kappa shape index (κ1) is 19.9. The van der Waals surface area contributed by atoms with Gasteiger partial charge in [-0.05, 0) is 37.5 Å². The fourth-order valence-electron chi connectivity index (χ4n) is 4.26. The maximum Gasteiger partial charge on any atom is 0.270 e. The van der Waals surface area contributed by atoms with Crippen molar-refractivity contribution in [3.63, 3.8) is 0 Å². The average molecular weight is 431 g/mol. The third-order valence-corrected chi connectivity index (χ3v) is 5.69. The number of nitrogens with one attached hydrogen (secondary N) is 1. The molecule has 1 atom stereocenters. The van der Waals surface area contributed by atoms with Gasteiger partial charge in [-0.15, -0.1) is 5.10 Å². The van der Waals surface area contributed by atoms with Gasteiger partial charge in [-0.1, -0.05) is 24.3 Å². The number of benzene rings is 2. The van der Waals surface area contributed by atoms with Crippen LogP contribution in [0.5, 0.6) is 5.75 Å². The summed E-state index contributed by atoms with van der Waals surface area (Å²) < 4.78 is 7.26. The van der Waals surface area contributed by atoms with Gasteiger partial charge < -0.3 is 10.1 Å². The smallest absolute Gasteiger partial charge is 0.270 e. The summed E-state index contributed by atoms with van der Waals surface area (Å²) in [5, 5.41) is 19.1. The van der Waals surface area contributed by atoms with Gasteiger partial charge in [0.2, 0.25) is 5.95 Å². The highest BCUT2D eigenvalue weighted by atomic mass is 16.6. The number of non-ortho nitro benzene ring substituents is 1. The van der Waals surface area contributed by atoms with Crippen LogP contribution in [0.2, 0.25) is 0 Å². The van der Waals surface area contributed by atoms with Crippen molar-refractivity contribution in [1.29, 1.82) is 0 Å². The van der Waals surface area contributed by atoms with E-state index in [1.54, 1.807) is 16.8 Å². The lowest BCUT2D eigenvalue weighted by molar-refractivity contribution is -0.384. The SMILES string of the molecule is CCOc1ccc(C2C3=C(CCCC3=O)Nc3nc(-c4cccc([N+](=O)[O-])c4)nn32)cc1. The highest BCUT2D eigenvalue weighted by molar-refractivity contribution is 5.99. The van der Waals surface area contributed by atoms with E-state index >= 15 is 0 Å². The third kappa shape index (κ3) is 3.41. The summed E-state index contributed by atoms with van der Waals surface area (Å²) in [5.74, 6) is 1.72. The molecule has 1 aromatic heterocycles. The first-order valence-electron chi connectivity index (χ1n) is 10.5. The minimum Gasteiger partial charge on any atom is -0.494 e. The van der Waals surface area contributed by atoms with Gasteiger partial charge in [0.1, 0.15) is 11.8 Å². The van der Waals surface area contributed by atoms with Gasteiger partial charge in [0.25, 0.3) is 5.69 Å². The number of hydrogen-bond donors (Lipinski definition) is 1. The Bertz CT molecular complexity index is 1250. The summed E-state index contributed by atoms with van der Waals surface area (Å²) in [5.41, 5.74) is 2.97. The molecule has 0 saturated heterocycles. The fraction of sp³-hybridized carbons (Fsp3) is 0.261. The molecular weight excluding hydrogens is 410 g/mol. The molecule has 1 N–H and O–H groups in total. The zero-order valence-electron chi connectivity index (χ0n) is 17.4. The number of allylic oxidation sites excluding steroid dienone is 2. The van der Waals surface area contributed by atoms with Crippen LogP contribution < -0.4 is 10.1 Å². The normalized spacial score (nSPS) is 17.4. The van der Waals surface area contributed by atoms with Gasteiger partial charge in [0.05, 0.1) is 11.5 Å². The van der Waals surface area contributed by atoms with Crippen LogP contribution in [0.25, 0.3) is 11.4 Å². The molecule has 2 aromatic carbocycles. The van der Waals surface area contributed by atoms with E-state index in [2.05, 4.69) is 15.4 Å². The molecule has 0 spiro atoms. The van der Waals surface area contributed by atoms with E-state index in [0.717, 1.165) is 29.9 Å². The Morgan fingerprint density at radius 3 is 2.78 bits per heavy atom. The largest absolute Gasteiger partial charge is 0.494 e. The van der Waals surface area contributed by atoms with Gasteiger partial charge >= 0.3 is 0 Å². The third-order valence-electron chi connectivity index (χ3n) is 5.69. The molecule has 0 amide bonds. The van der Waals surface area contributed by atoms with E-state index in [1.807, 2.05) is 31.2 Å². The lowest BCUT2D eigenvalue weighted by atomic mass is 9.85. The van der Waals surface area contributed by atoms with Crippen molar-refractivity contribution >= 4 is 17.4 Å². The highest BCUT2D eigenvalue weighted by Gasteiger charge is 2.37. The topological polar surface area (TPSA) is 112 Å². The summed E-state index contributed by atoms with van der Waals surface area (Å²) in [6.07, 6.45) is 2.04. The molecule has 32 heavy (non-hydrogen) atoms. The van der Waals surface area contributed by atoms with E-state index in [0.29, 0.717) is 35.9 Å². The molecule has 0 radical (unpaired) electrons. The molecule has 2 aliphatic rings. The molecule has 1 aliphatic carbocycles. The molecule has 1 aliphatic heterocycles. The second kappa shape index (κ2) is 7.92. The highest BCUT2D eigenvalue weighted by Crippen LogP contribution is 2.41. The Hall–Kier alpha value is -4.01. The quantitative estimate of drug-likeness (QED) is 0.474. The molecule has 9 nitrogen and oxygen atoms in total. The van der Waals surface area contributed by atoms with Crippen LogP contribution in [0.15, 0.2) is 59.8 Å². The Labute approximate surface area is 183 Å². The number of carbonyl (C=O) groups excluding carboxylic acids is 1. The molecule has 1 unspecified atom stereocenters. The number of anilines is 1. The first-order valence-corrected chi connectivity index (χ1v) is 10.5. The minimum absolute atomic E-state index is 0.0288. The van der Waals surface area contributed by atoms with Gasteiger partial charge in [0, 0.05) is 35.4 Å². The number of ketones is 1. The van der Waals surface area contributed by atoms with E-state index in [1.165, 1.54) is 12.1 Å². The van der Waals surface area contributed by atoms with Crippen molar-refractivity contribution in [3.8, 4) is 17.1 Å². The Morgan fingerprint density at radius 1 is 1.22 bits per heavy atom. The number of nitrogens with zero attached hydrogens (tertiary/aromatic N) is 4. The Balaban J connectivity index is 1.62. The van der Waals surface area contributed by atoms with Crippen molar-refractivity contribution in [2.24, 2.45) is 0 Å². The molecule has 162 valence electrons. The fourth-order valence-corrected chi connectivity index (χ4v) is 4.26. The van der Waals surface area contributed by atoms with Crippen LogP contribution in [0, 0.1) is 10.1 Å². The molecule has 3 aromatic rings. The predicted octanol–water partition coefficient (Wildman–Crippen LogP) is 4.27. The van der Waals surface area contributed by atoms with Gasteiger partial charge in [0.15, 0.2) is 11.6 Å². The van der Waals surface area contributed by atoms with Crippen LogP contribution in [-0.2, 0) is 4.79 Å². The molecule has 5 rings (SSSR count). The molecule has 2 heterocycles. The van der Waals surface area contributed by atoms with Crippen LogP contribution in [0.4, 0.5) is 11.6 Å². The Morgan fingerprint density at radius 2 is 2.03 bits per heavy atom. The molecule has 0 bridgehead atoms. The second-order valence-electron chi connectivity index (χ2n) is 7.71. The van der Waals surface area contributed by atoms with E-state index in [4.69, 9.17) is 4.74 Å². The summed E-state index contributed by atoms with van der Waals surface area (Å²) >= 11 is 0. The first-order chi connectivity index (χ1) is 15.5. The number of nitro groups is 1. The Kier molecular flexibility index (Phi) is 4.93. The number of carbonyl (C=O) groups is 1. The van der Waals surface area contributed by atoms with Gasteiger partial charge in [-0.3, -0.25) is 14.9 Å². The van der Waals surface area contributed by atoms with Crippen molar-refractivity contribution < 1.29 is 14.5 Å². The summed E-state index contributed by atoms with van der Waals surface area (Å²) in [6.45, 7) is 2.50. The summed E-state index contributed by atoms with van der Waals surface area (Å²) in [7, 11) is 0. The zero-order chi connectivity index (χ0) is 22.2. The number of aromatic nitrogens is 3. The van der Waals surface area contributed by atoms with E-state index < -0.39 is 11.0 Å². The monoisotopic (exact) mass is 431 g/mol. The lowest BCUT2D eigenvalue weighted by Crippen LogP contribution is -2.31. The second-order valence-corrected chi connectivity index (χ2v) is 7.71. The molecule has 0 fully saturated rings. The number of rotatable bonds is 5. The van der Waals surface area contributed by atoms with Crippen LogP contribution in [0.3, 0.4) is 0 Å². The standard InChI is InChI=1S/C23H21N5O4/c1-2-32-17-11-9-14(10-12-17)21-20-18(7-4-8-19(20)29)24-23-25-22(26-27(21)23)15-5-3-6-16(13-15)28(30)31/h3,5-6,9-13,21H,2,4,7-8H2,1H3,(H,24,25,26). The summed E-state index contributed by atoms with van der Waals surface area (Å²) in [6, 6.07) is 13.4. The number of ether oxygens (including phenoxy) is 1. The van der Waals surface area contributed by atoms with Crippen LogP contribution in [-0.4, -0.2) is 32.1 Å². The van der Waals surface area contributed by atoms with Crippen molar-refractivity contribution in [2.45, 2.75) is 32.2 Å². The van der Waals surface area contributed by atoms with Crippen LogP contribution >= 0.6 is 0 Å².